The Morgan fingerprint density at radius 2 is 1.94 bits per heavy atom. The van der Waals surface area contributed by atoms with E-state index in [4.69, 9.17) is 4.99 Å². The van der Waals surface area contributed by atoms with Crippen LogP contribution in [0.1, 0.15) is 18.3 Å². The van der Waals surface area contributed by atoms with Gasteiger partial charge in [-0.1, -0.05) is 43.3 Å². The van der Waals surface area contributed by atoms with Crippen LogP contribution >= 0.6 is 35.7 Å². The molecular formula is C23H29IN6S. The number of fused-ring (bicyclic) bond motifs is 1. The molecule has 31 heavy (non-hydrogen) atoms. The van der Waals surface area contributed by atoms with Crippen LogP contribution in [-0.4, -0.2) is 46.1 Å². The second-order valence-corrected chi connectivity index (χ2v) is 8.29. The van der Waals surface area contributed by atoms with Crippen LogP contribution in [0.5, 0.6) is 0 Å². The minimum Gasteiger partial charge on any atom is -0.355 e. The molecule has 0 radical (unpaired) electrons. The van der Waals surface area contributed by atoms with Crippen molar-refractivity contribution in [3.8, 4) is 0 Å². The van der Waals surface area contributed by atoms with Gasteiger partial charge in [-0.15, -0.1) is 45.9 Å². The van der Waals surface area contributed by atoms with Crippen molar-refractivity contribution in [3.63, 3.8) is 0 Å². The van der Waals surface area contributed by atoms with Crippen molar-refractivity contribution in [2.24, 2.45) is 4.99 Å². The van der Waals surface area contributed by atoms with E-state index >= 15 is 0 Å². The number of nitrogens with zero attached hydrogens (tertiary/aromatic N) is 5. The number of aliphatic imine (C=N–C) groups is 1. The first-order chi connectivity index (χ1) is 14.8. The Labute approximate surface area is 205 Å². The molecule has 164 valence electrons. The van der Waals surface area contributed by atoms with Crippen LogP contribution in [0.25, 0.3) is 0 Å². The number of rotatable bonds is 8. The zero-order chi connectivity index (χ0) is 20.6. The number of guanidine groups is 1. The summed E-state index contributed by atoms with van der Waals surface area (Å²) in [7, 11) is 0. The van der Waals surface area contributed by atoms with Gasteiger partial charge >= 0.3 is 0 Å². The first-order valence-corrected chi connectivity index (χ1v) is 11.5. The van der Waals surface area contributed by atoms with Crippen molar-refractivity contribution in [1.82, 2.24) is 20.1 Å². The molecule has 1 aliphatic rings. The van der Waals surface area contributed by atoms with Gasteiger partial charge in [-0.2, -0.15) is 0 Å². The fourth-order valence-corrected chi connectivity index (χ4v) is 4.44. The van der Waals surface area contributed by atoms with Crippen LogP contribution in [0.2, 0.25) is 0 Å². The van der Waals surface area contributed by atoms with Gasteiger partial charge in [-0.05, 0) is 30.2 Å². The van der Waals surface area contributed by atoms with Crippen LogP contribution in [0, 0.1) is 0 Å². The number of hydrogen-bond acceptors (Lipinski definition) is 4. The molecule has 0 bridgehead atoms. The molecular weight excluding hydrogens is 519 g/mol. The van der Waals surface area contributed by atoms with Crippen molar-refractivity contribution in [2.75, 3.05) is 30.3 Å². The maximum absolute atomic E-state index is 4.95. The van der Waals surface area contributed by atoms with Crippen LogP contribution in [0.15, 0.2) is 70.8 Å². The molecule has 0 saturated heterocycles. The SMILES string of the molecule is CCc1nncn1CCN=C(NCCSc1ccccc1)N1CCc2ccccc21.I. The second-order valence-electron chi connectivity index (χ2n) is 7.12. The number of anilines is 1. The van der Waals surface area contributed by atoms with E-state index in [1.165, 1.54) is 16.1 Å². The maximum Gasteiger partial charge on any atom is 0.198 e. The largest absolute Gasteiger partial charge is 0.355 e. The Morgan fingerprint density at radius 1 is 1.13 bits per heavy atom. The number of thioether (sulfide) groups is 1. The van der Waals surface area contributed by atoms with Gasteiger partial charge in [0.05, 0.1) is 6.54 Å². The summed E-state index contributed by atoms with van der Waals surface area (Å²) in [6.07, 6.45) is 3.73. The van der Waals surface area contributed by atoms with Crippen LogP contribution in [-0.2, 0) is 19.4 Å². The lowest BCUT2D eigenvalue weighted by Gasteiger charge is -2.23. The van der Waals surface area contributed by atoms with E-state index in [2.05, 4.69) is 86.5 Å². The second kappa shape index (κ2) is 12.1. The Hall–Kier alpha value is -2.07. The molecule has 0 aliphatic carbocycles. The maximum atomic E-state index is 4.95. The molecule has 1 N–H and O–H groups in total. The lowest BCUT2D eigenvalue weighted by atomic mass is 10.2. The summed E-state index contributed by atoms with van der Waals surface area (Å²) in [5.74, 6) is 2.95. The standard InChI is InChI=1S/C23H28N6S.HI/c1-2-22-27-26-18-28(22)16-13-24-23(25-14-17-30-20-9-4-3-5-10-20)29-15-12-19-8-6-7-11-21(19)29;/h3-11,18H,2,12-17H2,1H3,(H,24,25);1H. The lowest BCUT2D eigenvalue weighted by molar-refractivity contribution is 0.664. The lowest BCUT2D eigenvalue weighted by Crippen LogP contribution is -2.41. The Kier molecular flexibility index (Phi) is 9.20. The Balaban J connectivity index is 0.00000272. The van der Waals surface area contributed by atoms with Gasteiger partial charge in [0.2, 0.25) is 0 Å². The predicted molar refractivity (Wildman–Crippen MR) is 140 cm³/mol. The molecule has 2 heterocycles. The highest BCUT2D eigenvalue weighted by Crippen LogP contribution is 2.27. The minimum atomic E-state index is 0. The van der Waals surface area contributed by atoms with Crippen molar-refractivity contribution < 1.29 is 0 Å². The van der Waals surface area contributed by atoms with Crippen molar-refractivity contribution in [1.29, 1.82) is 0 Å². The highest BCUT2D eigenvalue weighted by atomic mass is 127. The smallest absolute Gasteiger partial charge is 0.198 e. The summed E-state index contributed by atoms with van der Waals surface area (Å²) in [6.45, 7) is 5.41. The zero-order valence-corrected chi connectivity index (χ0v) is 20.9. The molecule has 0 amide bonds. The fourth-order valence-electron chi connectivity index (χ4n) is 3.65. The molecule has 0 atom stereocenters. The van der Waals surface area contributed by atoms with Gasteiger partial charge in [0.15, 0.2) is 5.96 Å². The number of benzene rings is 2. The average molecular weight is 548 g/mol. The van der Waals surface area contributed by atoms with E-state index in [-0.39, 0.29) is 24.0 Å². The molecule has 2 aromatic carbocycles. The third-order valence-corrected chi connectivity index (χ3v) is 6.17. The van der Waals surface area contributed by atoms with Crippen LogP contribution in [0.4, 0.5) is 5.69 Å². The first kappa shape index (κ1) is 23.6. The van der Waals surface area contributed by atoms with E-state index in [0.29, 0.717) is 6.54 Å². The molecule has 0 saturated carbocycles. The van der Waals surface area contributed by atoms with Gasteiger partial charge in [-0.3, -0.25) is 4.99 Å². The summed E-state index contributed by atoms with van der Waals surface area (Å²) in [4.78, 5) is 8.56. The van der Waals surface area contributed by atoms with E-state index < -0.39 is 0 Å². The highest BCUT2D eigenvalue weighted by Gasteiger charge is 2.22. The topological polar surface area (TPSA) is 58.3 Å². The predicted octanol–water partition coefficient (Wildman–Crippen LogP) is 4.26. The molecule has 4 rings (SSSR count). The van der Waals surface area contributed by atoms with Gasteiger partial charge in [-0.25, -0.2) is 0 Å². The molecule has 0 fully saturated rings. The Bertz CT molecular complexity index is 975. The molecule has 1 aliphatic heterocycles. The van der Waals surface area contributed by atoms with Crippen LogP contribution in [0.3, 0.4) is 0 Å². The quantitative estimate of drug-likeness (QED) is 0.150. The van der Waals surface area contributed by atoms with Gasteiger partial charge in [0.25, 0.3) is 0 Å². The fraction of sp³-hybridized carbons (Fsp3) is 0.348. The van der Waals surface area contributed by atoms with E-state index in [1.54, 1.807) is 6.33 Å². The summed E-state index contributed by atoms with van der Waals surface area (Å²) in [6, 6.07) is 19.1. The zero-order valence-electron chi connectivity index (χ0n) is 17.8. The van der Waals surface area contributed by atoms with E-state index in [1.807, 2.05) is 11.8 Å². The number of aromatic nitrogens is 3. The van der Waals surface area contributed by atoms with Gasteiger partial charge in [0.1, 0.15) is 12.2 Å². The molecule has 8 heteroatoms. The molecule has 0 unspecified atom stereocenters. The molecule has 0 spiro atoms. The normalized spacial score (nSPS) is 13.1. The van der Waals surface area contributed by atoms with Crippen LogP contribution < -0.4 is 10.2 Å². The number of para-hydroxylation sites is 1. The number of hydrogen-bond donors (Lipinski definition) is 1. The number of nitrogens with one attached hydrogen (secondary N) is 1. The summed E-state index contributed by atoms with van der Waals surface area (Å²) in [5, 5.41) is 11.8. The number of halogens is 1. The average Bonchev–Trinajstić information content (AvgIpc) is 3.43. The first-order valence-electron chi connectivity index (χ1n) is 10.5. The monoisotopic (exact) mass is 548 g/mol. The summed E-state index contributed by atoms with van der Waals surface area (Å²) < 4.78 is 2.09. The highest BCUT2D eigenvalue weighted by molar-refractivity contribution is 14.0. The van der Waals surface area contributed by atoms with Gasteiger partial charge in [0, 0.05) is 42.4 Å². The molecule has 1 aromatic heterocycles. The molecule has 3 aromatic rings. The Morgan fingerprint density at radius 3 is 2.77 bits per heavy atom. The minimum absolute atomic E-state index is 0. The molecule has 6 nitrogen and oxygen atoms in total. The van der Waals surface area contributed by atoms with Crippen molar-refractivity contribution in [2.45, 2.75) is 31.2 Å². The summed E-state index contributed by atoms with van der Waals surface area (Å²) in [5.41, 5.74) is 2.65. The van der Waals surface area contributed by atoms with Crippen molar-refractivity contribution in [3.05, 3.63) is 72.3 Å². The van der Waals surface area contributed by atoms with E-state index in [9.17, 15) is 0 Å². The number of aryl methyl sites for hydroxylation is 1. The third-order valence-electron chi connectivity index (χ3n) is 5.15. The summed E-state index contributed by atoms with van der Waals surface area (Å²) >= 11 is 1.86. The van der Waals surface area contributed by atoms with Gasteiger partial charge < -0.3 is 14.8 Å². The third kappa shape index (κ3) is 6.22. The van der Waals surface area contributed by atoms with Crippen molar-refractivity contribution >= 4 is 47.4 Å². The van der Waals surface area contributed by atoms with E-state index in [0.717, 1.165) is 50.0 Å².